The number of benzene rings is 1. The normalized spacial score (nSPS) is 9.14. The number of rotatable bonds is 1. The van der Waals surface area contributed by atoms with Gasteiger partial charge < -0.3 is 4.74 Å². The SMILES string of the molecule is CC(=O)Oc1c(C)cc(Br)cc1C.Cl. The van der Waals surface area contributed by atoms with Crippen molar-refractivity contribution in [2.75, 3.05) is 0 Å². The molecule has 0 bridgehead atoms. The summed E-state index contributed by atoms with van der Waals surface area (Å²) in [7, 11) is 0. The Morgan fingerprint density at radius 1 is 1.29 bits per heavy atom. The lowest BCUT2D eigenvalue weighted by Gasteiger charge is -2.09. The van der Waals surface area contributed by atoms with Gasteiger partial charge in [0, 0.05) is 11.4 Å². The summed E-state index contributed by atoms with van der Waals surface area (Å²) in [4.78, 5) is 10.8. The topological polar surface area (TPSA) is 26.3 Å². The van der Waals surface area contributed by atoms with Crippen molar-refractivity contribution in [3.8, 4) is 5.75 Å². The molecular formula is C10H12BrClO2. The average molecular weight is 280 g/mol. The molecule has 0 radical (unpaired) electrons. The fraction of sp³-hybridized carbons (Fsp3) is 0.300. The Labute approximate surface area is 98.2 Å². The van der Waals surface area contributed by atoms with Crippen LogP contribution in [0.25, 0.3) is 0 Å². The third-order valence-electron chi connectivity index (χ3n) is 1.67. The first-order valence-corrected chi connectivity index (χ1v) is 4.75. The minimum absolute atomic E-state index is 0. The molecule has 0 saturated heterocycles. The number of carbonyl (C=O) groups excluding carboxylic acids is 1. The van der Waals surface area contributed by atoms with Gasteiger partial charge in [0.15, 0.2) is 0 Å². The minimum atomic E-state index is -0.284. The van der Waals surface area contributed by atoms with Crippen LogP contribution in [-0.2, 0) is 4.79 Å². The highest BCUT2D eigenvalue weighted by atomic mass is 79.9. The van der Waals surface area contributed by atoms with Crippen molar-refractivity contribution in [1.29, 1.82) is 0 Å². The van der Waals surface area contributed by atoms with Crippen LogP contribution in [0.4, 0.5) is 0 Å². The van der Waals surface area contributed by atoms with E-state index in [1.165, 1.54) is 6.92 Å². The molecule has 0 aromatic heterocycles. The highest BCUT2D eigenvalue weighted by Gasteiger charge is 2.07. The summed E-state index contributed by atoms with van der Waals surface area (Å²) in [6.45, 7) is 5.23. The van der Waals surface area contributed by atoms with Crippen LogP contribution >= 0.6 is 28.3 Å². The molecule has 2 nitrogen and oxygen atoms in total. The highest BCUT2D eigenvalue weighted by Crippen LogP contribution is 2.27. The van der Waals surface area contributed by atoms with Crippen LogP contribution in [-0.4, -0.2) is 5.97 Å². The summed E-state index contributed by atoms with van der Waals surface area (Å²) >= 11 is 3.37. The van der Waals surface area contributed by atoms with Crippen LogP contribution in [0, 0.1) is 13.8 Å². The van der Waals surface area contributed by atoms with Crippen molar-refractivity contribution < 1.29 is 9.53 Å². The predicted octanol–water partition coefficient (Wildman–Crippen LogP) is 3.41. The Morgan fingerprint density at radius 3 is 2.07 bits per heavy atom. The fourth-order valence-electron chi connectivity index (χ4n) is 1.20. The van der Waals surface area contributed by atoms with Gasteiger partial charge in [-0.3, -0.25) is 4.79 Å². The van der Waals surface area contributed by atoms with Crippen molar-refractivity contribution in [3.63, 3.8) is 0 Å². The molecule has 1 aromatic carbocycles. The Hall–Kier alpha value is -0.540. The molecule has 0 saturated carbocycles. The molecule has 1 aromatic rings. The van der Waals surface area contributed by atoms with Gasteiger partial charge in [-0.15, -0.1) is 12.4 Å². The summed E-state index contributed by atoms with van der Waals surface area (Å²) in [5.41, 5.74) is 1.92. The van der Waals surface area contributed by atoms with Crippen molar-refractivity contribution >= 4 is 34.3 Å². The van der Waals surface area contributed by atoms with Crippen molar-refractivity contribution in [3.05, 3.63) is 27.7 Å². The Bertz CT molecular complexity index is 327. The number of aryl methyl sites for hydroxylation is 2. The molecule has 0 aliphatic heterocycles. The number of hydrogen-bond donors (Lipinski definition) is 0. The van der Waals surface area contributed by atoms with Crippen LogP contribution in [0.15, 0.2) is 16.6 Å². The average Bonchev–Trinajstić information content (AvgIpc) is 1.96. The summed E-state index contributed by atoms with van der Waals surface area (Å²) < 4.78 is 6.07. The summed E-state index contributed by atoms with van der Waals surface area (Å²) in [6.07, 6.45) is 0. The van der Waals surface area contributed by atoms with Crippen LogP contribution in [0.2, 0.25) is 0 Å². The van der Waals surface area contributed by atoms with Gasteiger partial charge in [-0.05, 0) is 37.1 Å². The predicted molar refractivity (Wildman–Crippen MR) is 62.2 cm³/mol. The van der Waals surface area contributed by atoms with E-state index in [0.29, 0.717) is 5.75 Å². The van der Waals surface area contributed by atoms with Crippen molar-refractivity contribution in [2.24, 2.45) is 0 Å². The van der Waals surface area contributed by atoms with E-state index in [1.807, 2.05) is 26.0 Å². The first-order chi connectivity index (χ1) is 6.00. The first-order valence-electron chi connectivity index (χ1n) is 3.96. The molecule has 0 unspecified atom stereocenters. The van der Waals surface area contributed by atoms with Gasteiger partial charge in [-0.25, -0.2) is 0 Å². The van der Waals surface area contributed by atoms with E-state index >= 15 is 0 Å². The van der Waals surface area contributed by atoms with E-state index in [1.54, 1.807) is 0 Å². The Kier molecular flexibility index (Phi) is 5.16. The standard InChI is InChI=1S/C10H11BrO2.ClH/c1-6-4-9(11)5-7(2)10(6)13-8(3)12;/h4-5H,1-3H3;1H. The van der Waals surface area contributed by atoms with Crippen LogP contribution in [0.1, 0.15) is 18.1 Å². The molecular weight excluding hydrogens is 267 g/mol. The number of hydrogen-bond acceptors (Lipinski definition) is 2. The van der Waals surface area contributed by atoms with Crippen LogP contribution in [0.3, 0.4) is 0 Å². The summed E-state index contributed by atoms with van der Waals surface area (Å²) in [6, 6.07) is 3.84. The molecule has 14 heavy (non-hydrogen) atoms. The quantitative estimate of drug-likeness (QED) is 0.582. The Morgan fingerprint density at radius 2 is 1.71 bits per heavy atom. The fourth-order valence-corrected chi connectivity index (χ4v) is 1.89. The molecule has 0 atom stereocenters. The van der Waals surface area contributed by atoms with E-state index in [2.05, 4.69) is 15.9 Å². The third kappa shape index (κ3) is 3.31. The van der Waals surface area contributed by atoms with Crippen molar-refractivity contribution in [2.45, 2.75) is 20.8 Å². The lowest BCUT2D eigenvalue weighted by molar-refractivity contribution is -0.131. The first kappa shape index (κ1) is 13.5. The summed E-state index contributed by atoms with van der Waals surface area (Å²) in [5.74, 6) is 0.379. The number of esters is 1. The van der Waals surface area contributed by atoms with E-state index < -0.39 is 0 Å². The maximum Gasteiger partial charge on any atom is 0.308 e. The minimum Gasteiger partial charge on any atom is -0.426 e. The molecule has 0 amide bonds. The van der Waals surface area contributed by atoms with E-state index in [4.69, 9.17) is 4.74 Å². The number of carbonyl (C=O) groups is 1. The van der Waals surface area contributed by atoms with Crippen molar-refractivity contribution in [1.82, 2.24) is 0 Å². The van der Waals surface area contributed by atoms with Gasteiger partial charge in [0.25, 0.3) is 0 Å². The second-order valence-electron chi connectivity index (χ2n) is 2.96. The second kappa shape index (κ2) is 5.37. The van der Waals surface area contributed by atoms with Gasteiger partial charge in [0.2, 0.25) is 0 Å². The highest BCUT2D eigenvalue weighted by molar-refractivity contribution is 9.10. The largest absolute Gasteiger partial charge is 0.426 e. The molecule has 4 heteroatoms. The maximum absolute atomic E-state index is 10.8. The van der Waals surface area contributed by atoms with E-state index in [0.717, 1.165) is 15.6 Å². The second-order valence-corrected chi connectivity index (χ2v) is 3.88. The molecule has 0 aliphatic rings. The smallest absolute Gasteiger partial charge is 0.308 e. The lowest BCUT2D eigenvalue weighted by atomic mass is 10.1. The number of halogens is 2. The summed E-state index contributed by atoms with van der Waals surface area (Å²) in [5, 5.41) is 0. The van der Waals surface area contributed by atoms with Gasteiger partial charge in [-0.2, -0.15) is 0 Å². The van der Waals surface area contributed by atoms with Gasteiger partial charge in [0.1, 0.15) is 5.75 Å². The molecule has 0 N–H and O–H groups in total. The molecule has 1 rings (SSSR count). The van der Waals surface area contributed by atoms with Gasteiger partial charge in [-0.1, -0.05) is 15.9 Å². The van der Waals surface area contributed by atoms with E-state index in [-0.39, 0.29) is 18.4 Å². The van der Waals surface area contributed by atoms with Gasteiger partial charge >= 0.3 is 5.97 Å². The zero-order valence-corrected chi connectivity index (χ0v) is 10.7. The van der Waals surface area contributed by atoms with Gasteiger partial charge in [0.05, 0.1) is 0 Å². The zero-order valence-electron chi connectivity index (χ0n) is 8.26. The third-order valence-corrected chi connectivity index (χ3v) is 2.13. The number of ether oxygens (including phenoxy) is 1. The van der Waals surface area contributed by atoms with Crippen LogP contribution in [0.5, 0.6) is 5.75 Å². The van der Waals surface area contributed by atoms with Crippen LogP contribution < -0.4 is 4.74 Å². The molecule has 78 valence electrons. The van der Waals surface area contributed by atoms with E-state index in [9.17, 15) is 4.79 Å². The monoisotopic (exact) mass is 278 g/mol. The molecule has 0 aliphatic carbocycles. The molecule has 0 spiro atoms. The maximum atomic E-state index is 10.8. The molecule has 0 fully saturated rings. The molecule has 0 heterocycles. The Balaban J connectivity index is 0.00000169. The lowest BCUT2D eigenvalue weighted by Crippen LogP contribution is -2.04. The zero-order chi connectivity index (χ0) is 10.0.